The molecule has 0 atom stereocenters. The molecule has 0 radical (unpaired) electrons. The van der Waals surface area contributed by atoms with E-state index in [2.05, 4.69) is 53.6 Å². The molecule has 3 rings (SSSR count). The minimum atomic E-state index is 0.101. The van der Waals surface area contributed by atoms with Crippen molar-refractivity contribution in [1.82, 2.24) is 9.55 Å². The van der Waals surface area contributed by atoms with Crippen LogP contribution in [-0.4, -0.2) is 15.3 Å². The number of aromatic nitrogens is 2. The number of carbonyl (C=O) groups excluding carboxylic acids is 1. The highest BCUT2D eigenvalue weighted by Crippen LogP contribution is 2.19. The minimum absolute atomic E-state index is 0.101. The van der Waals surface area contributed by atoms with Gasteiger partial charge in [-0.15, -0.1) is 0 Å². The monoisotopic (exact) mass is 390 g/mol. The summed E-state index contributed by atoms with van der Waals surface area (Å²) in [6, 6.07) is 11.8. The van der Waals surface area contributed by atoms with Crippen LogP contribution in [0.1, 0.15) is 21.5 Å². The lowest BCUT2D eigenvalue weighted by atomic mass is 10.1. The number of hydrogen-bond donors (Lipinski definition) is 0. The van der Waals surface area contributed by atoms with Crippen molar-refractivity contribution in [2.24, 2.45) is 0 Å². The lowest BCUT2D eigenvalue weighted by Gasteiger charge is -2.06. The molecule has 106 valence electrons. The van der Waals surface area contributed by atoms with Crippen molar-refractivity contribution < 1.29 is 4.79 Å². The fourth-order valence-electron chi connectivity index (χ4n) is 2.32. The van der Waals surface area contributed by atoms with Crippen molar-refractivity contribution >= 4 is 39.4 Å². The van der Waals surface area contributed by atoms with Gasteiger partial charge >= 0.3 is 0 Å². The first-order valence-corrected chi connectivity index (χ1v) is 7.83. The Labute approximate surface area is 137 Å². The third-order valence-corrected chi connectivity index (χ3v) is 4.44. The lowest BCUT2D eigenvalue weighted by molar-refractivity contribution is 0.0973. The number of fused-ring (bicyclic) bond motifs is 1. The van der Waals surface area contributed by atoms with Crippen LogP contribution in [-0.2, 0) is 6.54 Å². The van der Waals surface area contributed by atoms with E-state index in [1.807, 2.05) is 28.8 Å². The standard InChI is InChI=1S/C17H15IN2O/c1-11-7-15-16(8-12(11)2)20(10-19-15)9-17(21)13-3-5-14(18)6-4-13/h3-8,10H,9H2,1-2H3. The number of rotatable bonds is 3. The van der Waals surface area contributed by atoms with Gasteiger partial charge in [0, 0.05) is 9.13 Å². The van der Waals surface area contributed by atoms with Crippen LogP contribution in [0.5, 0.6) is 0 Å². The lowest BCUT2D eigenvalue weighted by Crippen LogP contribution is -2.09. The van der Waals surface area contributed by atoms with Crippen molar-refractivity contribution in [2.75, 3.05) is 0 Å². The van der Waals surface area contributed by atoms with Gasteiger partial charge in [0.15, 0.2) is 5.78 Å². The molecule has 0 fully saturated rings. The number of imidazole rings is 1. The Morgan fingerprint density at radius 3 is 2.52 bits per heavy atom. The molecule has 3 nitrogen and oxygen atoms in total. The average molecular weight is 390 g/mol. The summed E-state index contributed by atoms with van der Waals surface area (Å²) in [5.74, 6) is 0.101. The Hall–Kier alpha value is -1.69. The van der Waals surface area contributed by atoms with Gasteiger partial charge in [0.2, 0.25) is 0 Å². The zero-order valence-corrected chi connectivity index (χ0v) is 14.1. The average Bonchev–Trinajstić information content (AvgIpc) is 2.82. The van der Waals surface area contributed by atoms with Gasteiger partial charge in [0.25, 0.3) is 0 Å². The number of aryl methyl sites for hydroxylation is 2. The molecule has 4 heteroatoms. The summed E-state index contributed by atoms with van der Waals surface area (Å²) in [5.41, 5.74) is 5.12. The highest BCUT2D eigenvalue weighted by molar-refractivity contribution is 14.1. The van der Waals surface area contributed by atoms with Crippen molar-refractivity contribution in [1.29, 1.82) is 0 Å². The predicted molar refractivity (Wildman–Crippen MR) is 92.7 cm³/mol. The Morgan fingerprint density at radius 1 is 1.14 bits per heavy atom. The molecule has 0 aliphatic carbocycles. The van der Waals surface area contributed by atoms with Crippen molar-refractivity contribution in [3.05, 3.63) is 63.0 Å². The largest absolute Gasteiger partial charge is 0.323 e. The van der Waals surface area contributed by atoms with E-state index >= 15 is 0 Å². The highest BCUT2D eigenvalue weighted by Gasteiger charge is 2.10. The Morgan fingerprint density at radius 2 is 1.81 bits per heavy atom. The second-order valence-electron chi connectivity index (χ2n) is 5.23. The molecular weight excluding hydrogens is 375 g/mol. The summed E-state index contributed by atoms with van der Waals surface area (Å²) in [6.07, 6.45) is 1.74. The molecule has 0 bridgehead atoms. The van der Waals surface area contributed by atoms with Crippen LogP contribution in [0.25, 0.3) is 11.0 Å². The molecule has 21 heavy (non-hydrogen) atoms. The molecule has 2 aromatic carbocycles. The zero-order valence-electron chi connectivity index (χ0n) is 11.9. The topological polar surface area (TPSA) is 34.9 Å². The van der Waals surface area contributed by atoms with Crippen LogP contribution in [0.15, 0.2) is 42.7 Å². The second kappa shape index (κ2) is 5.60. The fourth-order valence-corrected chi connectivity index (χ4v) is 2.68. The smallest absolute Gasteiger partial charge is 0.182 e. The van der Waals surface area contributed by atoms with Gasteiger partial charge in [-0.3, -0.25) is 4.79 Å². The van der Waals surface area contributed by atoms with Crippen molar-refractivity contribution in [3.63, 3.8) is 0 Å². The fraction of sp³-hybridized carbons (Fsp3) is 0.176. The Kier molecular flexibility index (Phi) is 3.80. The molecule has 0 spiro atoms. The summed E-state index contributed by atoms with van der Waals surface area (Å²) in [7, 11) is 0. The predicted octanol–water partition coefficient (Wildman–Crippen LogP) is 4.14. The molecule has 0 N–H and O–H groups in total. The molecule has 1 heterocycles. The van der Waals surface area contributed by atoms with Gasteiger partial charge in [0.05, 0.1) is 23.9 Å². The maximum Gasteiger partial charge on any atom is 0.182 e. The van der Waals surface area contributed by atoms with Crippen LogP contribution in [0, 0.1) is 17.4 Å². The molecule has 0 aliphatic heterocycles. The number of carbonyl (C=O) groups is 1. The van der Waals surface area contributed by atoms with Crippen LogP contribution < -0.4 is 0 Å². The molecule has 1 aromatic heterocycles. The van der Waals surface area contributed by atoms with Gasteiger partial charge in [-0.05, 0) is 71.8 Å². The van der Waals surface area contributed by atoms with Gasteiger partial charge in [-0.1, -0.05) is 12.1 Å². The van der Waals surface area contributed by atoms with E-state index in [0.717, 1.165) is 20.2 Å². The number of hydrogen-bond acceptors (Lipinski definition) is 2. The SMILES string of the molecule is Cc1cc2ncn(CC(=O)c3ccc(I)cc3)c2cc1C. The number of ketones is 1. The summed E-state index contributed by atoms with van der Waals surface area (Å²) in [4.78, 5) is 16.8. The normalized spacial score (nSPS) is 11.0. The van der Waals surface area contributed by atoms with Gasteiger partial charge in [0.1, 0.15) is 0 Å². The number of benzene rings is 2. The maximum absolute atomic E-state index is 12.4. The van der Waals surface area contributed by atoms with Crippen LogP contribution >= 0.6 is 22.6 Å². The number of halogens is 1. The first-order chi connectivity index (χ1) is 10.0. The number of Topliss-reactive ketones (excluding diaryl/α,β-unsaturated/α-hetero) is 1. The molecule has 0 saturated carbocycles. The van der Waals surface area contributed by atoms with Crippen LogP contribution in [0.2, 0.25) is 0 Å². The van der Waals surface area contributed by atoms with E-state index < -0.39 is 0 Å². The van der Waals surface area contributed by atoms with Crippen LogP contribution in [0.3, 0.4) is 0 Å². The Bertz CT molecular complexity index is 819. The minimum Gasteiger partial charge on any atom is -0.323 e. The summed E-state index contributed by atoms with van der Waals surface area (Å²) in [5, 5.41) is 0. The van der Waals surface area contributed by atoms with E-state index in [1.165, 1.54) is 11.1 Å². The molecule has 0 saturated heterocycles. The van der Waals surface area contributed by atoms with E-state index in [9.17, 15) is 4.79 Å². The van der Waals surface area contributed by atoms with Crippen molar-refractivity contribution in [2.45, 2.75) is 20.4 Å². The van der Waals surface area contributed by atoms with Gasteiger partial charge in [-0.2, -0.15) is 0 Å². The Balaban J connectivity index is 1.93. The number of nitrogens with zero attached hydrogens (tertiary/aromatic N) is 2. The molecule has 0 amide bonds. The van der Waals surface area contributed by atoms with E-state index in [1.54, 1.807) is 6.33 Å². The molecular formula is C17H15IN2O. The zero-order chi connectivity index (χ0) is 15.0. The molecule has 3 aromatic rings. The first kappa shape index (κ1) is 14.3. The highest BCUT2D eigenvalue weighted by atomic mass is 127. The van der Waals surface area contributed by atoms with Crippen LogP contribution in [0.4, 0.5) is 0 Å². The van der Waals surface area contributed by atoms with E-state index in [0.29, 0.717) is 6.54 Å². The van der Waals surface area contributed by atoms with E-state index in [-0.39, 0.29) is 5.78 Å². The van der Waals surface area contributed by atoms with Gasteiger partial charge < -0.3 is 4.57 Å². The molecule has 0 aliphatic rings. The summed E-state index contributed by atoms with van der Waals surface area (Å²) in [6.45, 7) is 4.47. The quantitative estimate of drug-likeness (QED) is 0.498. The third kappa shape index (κ3) is 2.85. The third-order valence-electron chi connectivity index (χ3n) is 3.72. The molecule has 0 unspecified atom stereocenters. The second-order valence-corrected chi connectivity index (χ2v) is 6.47. The first-order valence-electron chi connectivity index (χ1n) is 6.75. The van der Waals surface area contributed by atoms with Crippen molar-refractivity contribution in [3.8, 4) is 0 Å². The maximum atomic E-state index is 12.4. The summed E-state index contributed by atoms with van der Waals surface area (Å²) >= 11 is 2.23. The van der Waals surface area contributed by atoms with Gasteiger partial charge in [-0.25, -0.2) is 4.98 Å². The summed E-state index contributed by atoms with van der Waals surface area (Å²) < 4.78 is 3.05. The van der Waals surface area contributed by atoms with E-state index in [4.69, 9.17) is 0 Å².